The third kappa shape index (κ3) is 1.59. The van der Waals surface area contributed by atoms with Crippen molar-refractivity contribution in [1.29, 1.82) is 0 Å². The molecule has 3 rings (SSSR count). The lowest BCUT2D eigenvalue weighted by atomic mass is 9.97. The fourth-order valence-corrected chi connectivity index (χ4v) is 3.95. The second-order valence-corrected chi connectivity index (χ2v) is 5.60. The number of aryl methyl sites for hydroxylation is 2. The molecule has 15 heavy (non-hydrogen) atoms. The molecule has 0 atom stereocenters. The van der Waals surface area contributed by atoms with E-state index < -0.39 is 0 Å². The molecule has 3 heteroatoms. The van der Waals surface area contributed by atoms with Crippen LogP contribution < -0.4 is 5.32 Å². The number of carbonyl (C=O) groups is 1. The van der Waals surface area contributed by atoms with Gasteiger partial charge < -0.3 is 5.32 Å². The Balaban J connectivity index is 2.06. The Labute approximate surface area is 93.7 Å². The van der Waals surface area contributed by atoms with Crippen LogP contribution in [0.2, 0.25) is 0 Å². The highest BCUT2D eigenvalue weighted by Crippen LogP contribution is 2.40. The number of fused-ring (bicyclic) bond motifs is 3. The largest absolute Gasteiger partial charge is 0.325 e. The zero-order valence-electron chi connectivity index (χ0n) is 8.77. The molecule has 0 unspecified atom stereocenters. The summed E-state index contributed by atoms with van der Waals surface area (Å²) in [6.45, 7) is 0. The van der Waals surface area contributed by atoms with Gasteiger partial charge in [-0.15, -0.1) is 11.3 Å². The highest BCUT2D eigenvalue weighted by molar-refractivity contribution is 7.12. The van der Waals surface area contributed by atoms with Crippen LogP contribution in [-0.2, 0) is 24.1 Å². The van der Waals surface area contributed by atoms with Gasteiger partial charge in [0.15, 0.2) is 0 Å². The van der Waals surface area contributed by atoms with E-state index in [-0.39, 0.29) is 5.91 Å². The molecule has 2 nitrogen and oxygen atoms in total. The average molecular weight is 221 g/mol. The zero-order chi connectivity index (χ0) is 10.3. The van der Waals surface area contributed by atoms with Crippen LogP contribution in [0.25, 0.3) is 0 Å². The van der Waals surface area contributed by atoms with Crippen LogP contribution in [0.1, 0.15) is 41.0 Å². The summed E-state index contributed by atoms with van der Waals surface area (Å²) in [5, 5.41) is 3.10. The van der Waals surface area contributed by atoms with Crippen molar-refractivity contribution in [2.45, 2.75) is 44.9 Å². The maximum atomic E-state index is 11.5. The van der Waals surface area contributed by atoms with Crippen molar-refractivity contribution >= 4 is 22.9 Å². The molecule has 1 N–H and O–H groups in total. The Kier molecular flexibility index (Phi) is 2.28. The highest BCUT2D eigenvalue weighted by Gasteiger charge is 2.23. The molecule has 1 aliphatic carbocycles. The van der Waals surface area contributed by atoms with Crippen molar-refractivity contribution in [3.8, 4) is 0 Å². The van der Waals surface area contributed by atoms with E-state index in [4.69, 9.17) is 0 Å². The molecular formula is C12H15NOS. The van der Waals surface area contributed by atoms with Crippen LogP contribution in [0.15, 0.2) is 0 Å². The summed E-state index contributed by atoms with van der Waals surface area (Å²) in [5.41, 5.74) is 2.65. The van der Waals surface area contributed by atoms with Crippen LogP contribution in [-0.4, -0.2) is 5.91 Å². The highest BCUT2D eigenvalue weighted by atomic mass is 32.1. The van der Waals surface area contributed by atoms with E-state index in [2.05, 4.69) is 5.32 Å². The molecule has 0 saturated carbocycles. The lowest BCUT2D eigenvalue weighted by molar-refractivity contribution is -0.116. The summed E-state index contributed by atoms with van der Waals surface area (Å²) in [6.07, 6.45) is 7.79. The second kappa shape index (κ2) is 3.63. The first-order valence-electron chi connectivity index (χ1n) is 5.78. The smallest absolute Gasteiger partial charge is 0.224 e. The first-order valence-corrected chi connectivity index (χ1v) is 6.59. The Bertz CT molecular complexity index is 408. The van der Waals surface area contributed by atoms with E-state index in [1.807, 2.05) is 11.3 Å². The topological polar surface area (TPSA) is 29.1 Å². The molecule has 0 aromatic carbocycles. The minimum absolute atomic E-state index is 0.208. The van der Waals surface area contributed by atoms with Gasteiger partial charge in [0.1, 0.15) is 0 Å². The maximum absolute atomic E-state index is 11.5. The van der Waals surface area contributed by atoms with E-state index >= 15 is 0 Å². The molecule has 1 amide bonds. The lowest BCUT2D eigenvalue weighted by Crippen LogP contribution is -2.11. The third-order valence-corrected chi connectivity index (χ3v) is 4.67. The number of carbonyl (C=O) groups excluding carboxylic acids is 1. The molecule has 1 aromatic rings. The Morgan fingerprint density at radius 3 is 2.67 bits per heavy atom. The fourth-order valence-electron chi connectivity index (χ4n) is 2.56. The second-order valence-electron chi connectivity index (χ2n) is 4.41. The molecule has 1 aliphatic heterocycles. The van der Waals surface area contributed by atoms with E-state index in [0.717, 1.165) is 12.8 Å². The number of hydrogen-bond donors (Lipinski definition) is 1. The molecule has 0 spiro atoms. The minimum Gasteiger partial charge on any atom is -0.325 e. The number of nitrogens with one attached hydrogen (secondary N) is 1. The normalized spacial score (nSPS) is 20.1. The molecule has 0 radical (unpaired) electrons. The SMILES string of the molecule is O=C1CCCc2sc3c(c2N1)CCCC3. The average Bonchev–Trinajstić information content (AvgIpc) is 2.47. The summed E-state index contributed by atoms with van der Waals surface area (Å²) in [5.74, 6) is 0.208. The van der Waals surface area contributed by atoms with Crippen molar-refractivity contribution in [3.63, 3.8) is 0 Å². The molecule has 1 aromatic heterocycles. The Hall–Kier alpha value is -0.830. The van der Waals surface area contributed by atoms with Gasteiger partial charge in [-0.25, -0.2) is 0 Å². The summed E-state index contributed by atoms with van der Waals surface area (Å²) >= 11 is 1.94. The van der Waals surface area contributed by atoms with E-state index in [0.29, 0.717) is 6.42 Å². The van der Waals surface area contributed by atoms with Gasteiger partial charge in [-0.2, -0.15) is 0 Å². The predicted molar refractivity (Wildman–Crippen MR) is 62.5 cm³/mol. The van der Waals surface area contributed by atoms with Crippen molar-refractivity contribution in [1.82, 2.24) is 0 Å². The molecule has 2 heterocycles. The van der Waals surface area contributed by atoms with Gasteiger partial charge in [0.05, 0.1) is 5.69 Å². The van der Waals surface area contributed by atoms with Gasteiger partial charge in [0.2, 0.25) is 5.91 Å². The number of anilines is 1. The first kappa shape index (κ1) is 9.40. The molecule has 0 saturated heterocycles. The monoisotopic (exact) mass is 221 g/mol. The van der Waals surface area contributed by atoms with Crippen molar-refractivity contribution in [3.05, 3.63) is 15.3 Å². The quantitative estimate of drug-likeness (QED) is 0.717. The van der Waals surface area contributed by atoms with Crippen LogP contribution in [0.3, 0.4) is 0 Å². The standard InChI is InChI=1S/C12H15NOS/c14-11-7-3-6-10-12(13-11)8-4-1-2-5-9(8)15-10/h1-7H2,(H,13,14). The van der Waals surface area contributed by atoms with Gasteiger partial charge in [0.25, 0.3) is 0 Å². The summed E-state index contributed by atoms with van der Waals surface area (Å²) in [4.78, 5) is 14.5. The molecular weight excluding hydrogens is 206 g/mol. The first-order chi connectivity index (χ1) is 7.34. The minimum atomic E-state index is 0.208. The van der Waals surface area contributed by atoms with Gasteiger partial charge in [0, 0.05) is 16.2 Å². The number of thiophene rings is 1. The molecule has 0 fully saturated rings. The third-order valence-electron chi connectivity index (χ3n) is 3.32. The van der Waals surface area contributed by atoms with Crippen molar-refractivity contribution in [2.24, 2.45) is 0 Å². The number of rotatable bonds is 0. The Morgan fingerprint density at radius 2 is 1.73 bits per heavy atom. The van der Waals surface area contributed by atoms with Crippen LogP contribution >= 0.6 is 11.3 Å². The lowest BCUT2D eigenvalue weighted by Gasteiger charge is -2.12. The van der Waals surface area contributed by atoms with Crippen LogP contribution in [0.4, 0.5) is 5.69 Å². The molecule has 2 aliphatic rings. The van der Waals surface area contributed by atoms with Gasteiger partial charge >= 0.3 is 0 Å². The summed E-state index contributed by atoms with van der Waals surface area (Å²) in [7, 11) is 0. The van der Waals surface area contributed by atoms with Crippen molar-refractivity contribution in [2.75, 3.05) is 5.32 Å². The predicted octanol–water partition coefficient (Wildman–Crippen LogP) is 2.90. The van der Waals surface area contributed by atoms with E-state index in [1.54, 1.807) is 0 Å². The van der Waals surface area contributed by atoms with E-state index in [1.165, 1.54) is 46.7 Å². The van der Waals surface area contributed by atoms with Gasteiger partial charge in [-0.3, -0.25) is 4.79 Å². The number of hydrogen-bond acceptors (Lipinski definition) is 2. The maximum Gasteiger partial charge on any atom is 0.224 e. The fraction of sp³-hybridized carbons (Fsp3) is 0.583. The molecule has 80 valence electrons. The van der Waals surface area contributed by atoms with Crippen LogP contribution in [0.5, 0.6) is 0 Å². The molecule has 0 bridgehead atoms. The number of amides is 1. The van der Waals surface area contributed by atoms with E-state index in [9.17, 15) is 4.79 Å². The van der Waals surface area contributed by atoms with Gasteiger partial charge in [-0.1, -0.05) is 0 Å². The Morgan fingerprint density at radius 1 is 0.933 bits per heavy atom. The summed E-state index contributed by atoms with van der Waals surface area (Å²) in [6, 6.07) is 0. The van der Waals surface area contributed by atoms with Gasteiger partial charge in [-0.05, 0) is 44.1 Å². The van der Waals surface area contributed by atoms with Crippen LogP contribution in [0, 0.1) is 0 Å². The van der Waals surface area contributed by atoms with Crippen molar-refractivity contribution < 1.29 is 4.79 Å². The summed E-state index contributed by atoms with van der Waals surface area (Å²) < 4.78 is 0. The zero-order valence-corrected chi connectivity index (χ0v) is 9.58.